The molecule has 0 saturated heterocycles. The largest absolute Gasteiger partial charge is 0.493 e. The Balaban J connectivity index is 2.61. The second-order valence-corrected chi connectivity index (χ2v) is 5.28. The van der Waals surface area contributed by atoms with Crippen molar-refractivity contribution >= 4 is 0 Å². The zero-order valence-corrected chi connectivity index (χ0v) is 15.8. The van der Waals surface area contributed by atoms with Gasteiger partial charge in [-0.1, -0.05) is 0 Å². The van der Waals surface area contributed by atoms with Crippen LogP contribution in [0.2, 0.25) is 0 Å². The van der Waals surface area contributed by atoms with E-state index >= 15 is 0 Å². The Kier molecular flexibility index (Phi) is 6.41. The molecule has 0 aliphatic carbocycles. The van der Waals surface area contributed by atoms with Crippen LogP contribution < -0.4 is 28.4 Å². The molecule has 0 radical (unpaired) electrons. The van der Waals surface area contributed by atoms with E-state index in [1.165, 1.54) is 42.7 Å². The first-order valence-electron chi connectivity index (χ1n) is 7.83. The van der Waals surface area contributed by atoms with E-state index in [0.717, 1.165) is 0 Å². The lowest BCUT2D eigenvalue weighted by atomic mass is 9.99. The van der Waals surface area contributed by atoms with Gasteiger partial charge in [-0.3, -0.25) is 0 Å². The molecule has 0 unspecified atom stereocenters. The Labute approximate surface area is 153 Å². The summed E-state index contributed by atoms with van der Waals surface area (Å²) >= 11 is 0. The Morgan fingerprint density at radius 3 is 1.54 bits per heavy atom. The van der Waals surface area contributed by atoms with Gasteiger partial charge in [-0.15, -0.1) is 0 Å². The minimum Gasteiger partial charge on any atom is -0.493 e. The predicted molar refractivity (Wildman–Crippen MR) is 96.3 cm³/mol. The summed E-state index contributed by atoms with van der Waals surface area (Å²) in [5, 5.41) is 11.0. The highest BCUT2D eigenvalue weighted by molar-refractivity contribution is 5.60. The Bertz CT molecular complexity index is 733. The topological polar surface area (TPSA) is 75.6 Å². The molecule has 1 atom stereocenters. The van der Waals surface area contributed by atoms with Crippen molar-refractivity contribution < 1.29 is 33.5 Å². The van der Waals surface area contributed by atoms with Gasteiger partial charge in [0.05, 0.1) is 42.7 Å². The summed E-state index contributed by atoms with van der Waals surface area (Å²) in [6, 6.07) is 6.79. The quantitative estimate of drug-likeness (QED) is 0.772. The minimum atomic E-state index is -1.02. The summed E-state index contributed by atoms with van der Waals surface area (Å²) in [5.41, 5.74) is 1.06. The van der Waals surface area contributed by atoms with Gasteiger partial charge in [-0.25, -0.2) is 0 Å². The third-order valence-electron chi connectivity index (χ3n) is 4.03. The smallest absolute Gasteiger partial charge is 0.203 e. The second-order valence-electron chi connectivity index (χ2n) is 5.28. The van der Waals surface area contributed by atoms with Crippen LogP contribution in [0.3, 0.4) is 0 Å². The van der Waals surface area contributed by atoms with Crippen LogP contribution in [-0.2, 0) is 0 Å². The SMILES string of the molecule is COc1cc([C@H](O)c2ccc(OC)c(OC)c2OC)cc(OC)c1OC. The zero-order valence-electron chi connectivity index (χ0n) is 15.8. The van der Waals surface area contributed by atoms with Gasteiger partial charge in [0.15, 0.2) is 23.0 Å². The number of aliphatic hydroxyl groups excluding tert-OH is 1. The van der Waals surface area contributed by atoms with Crippen LogP contribution in [0.4, 0.5) is 0 Å². The molecule has 0 heterocycles. The Morgan fingerprint density at radius 2 is 1.12 bits per heavy atom. The van der Waals surface area contributed by atoms with E-state index in [4.69, 9.17) is 28.4 Å². The highest BCUT2D eigenvalue weighted by Crippen LogP contribution is 2.46. The summed E-state index contributed by atoms with van der Waals surface area (Å²) in [4.78, 5) is 0. The predicted octanol–water partition coefficient (Wildman–Crippen LogP) is 2.82. The first kappa shape index (κ1) is 19.5. The third kappa shape index (κ3) is 3.43. The van der Waals surface area contributed by atoms with E-state index in [1.807, 2.05) is 0 Å². The number of methoxy groups -OCH3 is 6. The van der Waals surface area contributed by atoms with Crippen molar-refractivity contribution in [2.75, 3.05) is 42.7 Å². The lowest BCUT2D eigenvalue weighted by Gasteiger charge is -2.21. The van der Waals surface area contributed by atoms with Crippen LogP contribution in [0.1, 0.15) is 17.2 Å². The van der Waals surface area contributed by atoms with Crippen molar-refractivity contribution in [2.24, 2.45) is 0 Å². The first-order valence-corrected chi connectivity index (χ1v) is 7.83. The fraction of sp³-hybridized carbons (Fsp3) is 0.368. The number of hydrogen-bond donors (Lipinski definition) is 1. The summed E-state index contributed by atoms with van der Waals surface area (Å²) in [5.74, 6) is 2.63. The van der Waals surface area contributed by atoms with Crippen molar-refractivity contribution in [3.63, 3.8) is 0 Å². The highest BCUT2D eigenvalue weighted by Gasteiger charge is 2.24. The van der Waals surface area contributed by atoms with E-state index < -0.39 is 6.10 Å². The average Bonchev–Trinajstić information content (AvgIpc) is 2.70. The van der Waals surface area contributed by atoms with Crippen LogP contribution in [0.25, 0.3) is 0 Å². The maximum atomic E-state index is 11.0. The Hall–Kier alpha value is -2.80. The number of rotatable bonds is 8. The molecule has 26 heavy (non-hydrogen) atoms. The summed E-state index contributed by atoms with van der Waals surface area (Å²) in [6.45, 7) is 0. The molecule has 142 valence electrons. The highest BCUT2D eigenvalue weighted by atomic mass is 16.5. The molecule has 0 amide bonds. The molecule has 0 aliphatic heterocycles. The van der Waals surface area contributed by atoms with E-state index in [2.05, 4.69) is 0 Å². The molecule has 0 aromatic heterocycles. The number of ether oxygens (including phenoxy) is 6. The monoisotopic (exact) mass is 364 g/mol. The maximum Gasteiger partial charge on any atom is 0.203 e. The van der Waals surface area contributed by atoms with Gasteiger partial charge in [0.25, 0.3) is 0 Å². The van der Waals surface area contributed by atoms with E-state index in [1.54, 1.807) is 24.3 Å². The Morgan fingerprint density at radius 1 is 0.615 bits per heavy atom. The lowest BCUT2D eigenvalue weighted by molar-refractivity contribution is 0.210. The zero-order chi connectivity index (χ0) is 19.3. The third-order valence-corrected chi connectivity index (χ3v) is 4.03. The summed E-state index contributed by atoms with van der Waals surface area (Å²) in [7, 11) is 9.11. The van der Waals surface area contributed by atoms with Crippen LogP contribution in [-0.4, -0.2) is 47.8 Å². The van der Waals surface area contributed by atoms with Crippen LogP contribution in [0.5, 0.6) is 34.5 Å². The molecule has 1 N–H and O–H groups in total. The maximum absolute atomic E-state index is 11.0. The van der Waals surface area contributed by atoms with Crippen molar-refractivity contribution in [2.45, 2.75) is 6.10 Å². The molecule has 0 bridgehead atoms. The van der Waals surface area contributed by atoms with Crippen LogP contribution in [0, 0.1) is 0 Å². The number of hydrogen-bond acceptors (Lipinski definition) is 7. The van der Waals surface area contributed by atoms with Gasteiger partial charge in [0.2, 0.25) is 11.5 Å². The van der Waals surface area contributed by atoms with E-state index in [0.29, 0.717) is 45.6 Å². The average molecular weight is 364 g/mol. The molecule has 2 aromatic rings. The van der Waals surface area contributed by atoms with Gasteiger partial charge >= 0.3 is 0 Å². The van der Waals surface area contributed by atoms with Gasteiger partial charge in [-0.2, -0.15) is 0 Å². The van der Waals surface area contributed by atoms with Gasteiger partial charge in [-0.05, 0) is 29.8 Å². The standard InChI is InChI=1S/C19H24O7/c1-21-13-8-7-12(17(24-4)19(13)26-6)16(20)11-9-14(22-2)18(25-5)15(10-11)23-3/h7-10,16,20H,1-6H3/t16-/m0/s1. The van der Waals surface area contributed by atoms with Gasteiger partial charge in [0.1, 0.15) is 6.10 Å². The van der Waals surface area contributed by atoms with Crippen LogP contribution >= 0.6 is 0 Å². The van der Waals surface area contributed by atoms with Gasteiger partial charge in [0, 0.05) is 5.56 Å². The summed E-state index contributed by atoms with van der Waals surface area (Å²) in [6.07, 6.45) is -1.02. The van der Waals surface area contributed by atoms with Crippen molar-refractivity contribution in [3.8, 4) is 34.5 Å². The van der Waals surface area contributed by atoms with Crippen molar-refractivity contribution in [1.29, 1.82) is 0 Å². The first-order chi connectivity index (χ1) is 12.6. The fourth-order valence-corrected chi connectivity index (χ4v) is 2.78. The second kappa shape index (κ2) is 8.53. The molecule has 2 rings (SSSR count). The van der Waals surface area contributed by atoms with Crippen molar-refractivity contribution in [3.05, 3.63) is 35.4 Å². The summed E-state index contributed by atoms with van der Waals surface area (Å²) < 4.78 is 32.1. The van der Waals surface area contributed by atoms with Gasteiger partial charge < -0.3 is 33.5 Å². The molecular formula is C19H24O7. The van der Waals surface area contributed by atoms with E-state index in [-0.39, 0.29) is 0 Å². The molecule has 7 nitrogen and oxygen atoms in total. The normalized spacial score (nSPS) is 11.5. The molecular weight excluding hydrogens is 340 g/mol. The van der Waals surface area contributed by atoms with E-state index in [9.17, 15) is 5.11 Å². The molecule has 0 saturated carbocycles. The number of benzene rings is 2. The molecule has 7 heteroatoms. The lowest BCUT2D eigenvalue weighted by Crippen LogP contribution is -2.06. The molecule has 2 aromatic carbocycles. The fourth-order valence-electron chi connectivity index (χ4n) is 2.78. The molecule has 0 fully saturated rings. The van der Waals surface area contributed by atoms with Crippen molar-refractivity contribution in [1.82, 2.24) is 0 Å². The van der Waals surface area contributed by atoms with Crippen LogP contribution in [0.15, 0.2) is 24.3 Å². The molecule has 0 aliphatic rings. The number of aliphatic hydroxyl groups is 1. The minimum absolute atomic E-state index is 0.383. The molecule has 0 spiro atoms.